The molecule has 0 unspecified atom stereocenters. The van der Waals surface area contributed by atoms with Gasteiger partial charge in [-0.2, -0.15) is 0 Å². The first kappa shape index (κ1) is 13.1. The van der Waals surface area contributed by atoms with Crippen molar-refractivity contribution >= 4 is 17.1 Å². The second kappa shape index (κ2) is 5.56. The number of benzene rings is 1. The zero-order valence-electron chi connectivity index (χ0n) is 10.9. The molecule has 19 heavy (non-hydrogen) atoms. The van der Waals surface area contributed by atoms with Crippen LogP contribution in [0.2, 0.25) is 0 Å². The Balaban J connectivity index is 2.26. The predicted octanol–water partition coefficient (Wildman–Crippen LogP) is 2.63. The number of hydrogen-bond donors (Lipinski definition) is 0. The van der Waals surface area contributed by atoms with Crippen LogP contribution in [0.15, 0.2) is 39.5 Å². The van der Waals surface area contributed by atoms with Gasteiger partial charge >= 0.3 is 11.7 Å². The molecule has 0 aliphatic carbocycles. The summed E-state index contributed by atoms with van der Waals surface area (Å²) in [5.41, 5.74) is -0.0305. The first-order chi connectivity index (χ1) is 9.13. The Labute approximate surface area is 110 Å². The second-order valence-corrected chi connectivity index (χ2v) is 3.99. The van der Waals surface area contributed by atoms with Crippen LogP contribution in [0.4, 0.5) is 4.79 Å². The maximum Gasteiger partial charge on any atom is 0.415 e. The molecule has 2 aromatic rings. The lowest BCUT2D eigenvalue weighted by molar-refractivity contribution is 0.157. The predicted molar refractivity (Wildman–Crippen MR) is 71.4 cm³/mol. The van der Waals surface area contributed by atoms with Crippen LogP contribution < -0.4 is 10.4 Å². The highest BCUT2D eigenvalue weighted by atomic mass is 16.6. The normalized spacial score (nSPS) is 10.4. The fourth-order valence-corrected chi connectivity index (χ4v) is 1.75. The van der Waals surface area contributed by atoms with Crippen molar-refractivity contribution in [1.29, 1.82) is 0 Å². The van der Waals surface area contributed by atoms with E-state index in [0.29, 0.717) is 24.4 Å². The summed E-state index contributed by atoms with van der Waals surface area (Å²) in [4.78, 5) is 24.5. The smallest absolute Gasteiger partial charge is 0.415 e. The van der Waals surface area contributed by atoms with Crippen molar-refractivity contribution < 1.29 is 13.9 Å². The average molecular weight is 261 g/mol. The average Bonchev–Trinajstić information content (AvgIpc) is 2.39. The molecule has 0 saturated carbocycles. The maximum absolute atomic E-state index is 11.8. The third-order valence-electron chi connectivity index (χ3n) is 2.82. The summed E-state index contributed by atoms with van der Waals surface area (Å²) in [5.74, 6) is 0.360. The lowest BCUT2D eigenvalue weighted by Gasteiger charge is -2.17. The summed E-state index contributed by atoms with van der Waals surface area (Å²) in [6.07, 6.45) is -0.414. The van der Waals surface area contributed by atoms with Gasteiger partial charge in [0, 0.05) is 30.6 Å². The van der Waals surface area contributed by atoms with Gasteiger partial charge in [0.2, 0.25) is 0 Å². The van der Waals surface area contributed by atoms with Gasteiger partial charge in [-0.15, -0.1) is 0 Å². The van der Waals surface area contributed by atoms with Crippen molar-refractivity contribution in [3.8, 4) is 5.75 Å². The van der Waals surface area contributed by atoms with E-state index in [1.54, 1.807) is 23.1 Å². The molecule has 1 heterocycles. The Morgan fingerprint density at radius 3 is 2.58 bits per heavy atom. The largest absolute Gasteiger partial charge is 0.423 e. The molecule has 100 valence electrons. The van der Waals surface area contributed by atoms with Crippen LogP contribution in [-0.2, 0) is 0 Å². The number of rotatable bonds is 3. The number of carbonyl (C=O) groups is 1. The van der Waals surface area contributed by atoms with E-state index in [4.69, 9.17) is 9.15 Å². The number of hydrogen-bond acceptors (Lipinski definition) is 4. The summed E-state index contributed by atoms with van der Waals surface area (Å²) in [7, 11) is 0. The second-order valence-electron chi connectivity index (χ2n) is 3.99. The first-order valence-corrected chi connectivity index (χ1v) is 6.14. The quantitative estimate of drug-likeness (QED) is 0.797. The Kier molecular flexibility index (Phi) is 3.85. The molecular weight excluding hydrogens is 246 g/mol. The fourth-order valence-electron chi connectivity index (χ4n) is 1.75. The lowest BCUT2D eigenvalue weighted by atomic mass is 10.2. The van der Waals surface area contributed by atoms with Crippen molar-refractivity contribution in [2.45, 2.75) is 13.8 Å². The Hall–Kier alpha value is -2.30. The minimum Gasteiger partial charge on any atom is -0.423 e. The number of nitrogens with zero attached hydrogens (tertiary/aromatic N) is 1. The lowest BCUT2D eigenvalue weighted by Crippen LogP contribution is -2.33. The minimum absolute atomic E-state index is 0.360. The molecule has 1 aromatic carbocycles. The third kappa shape index (κ3) is 2.93. The fraction of sp³-hybridized carbons (Fsp3) is 0.286. The van der Waals surface area contributed by atoms with E-state index < -0.39 is 11.7 Å². The zero-order valence-corrected chi connectivity index (χ0v) is 10.9. The molecule has 0 aliphatic heterocycles. The molecule has 1 aromatic heterocycles. The number of amides is 1. The van der Waals surface area contributed by atoms with Crippen molar-refractivity contribution in [2.75, 3.05) is 13.1 Å². The molecule has 1 amide bonds. The van der Waals surface area contributed by atoms with Gasteiger partial charge in [0.05, 0.1) is 0 Å². The van der Waals surface area contributed by atoms with Gasteiger partial charge in [-0.25, -0.2) is 9.59 Å². The van der Waals surface area contributed by atoms with Gasteiger partial charge in [0.1, 0.15) is 11.3 Å². The zero-order chi connectivity index (χ0) is 13.8. The van der Waals surface area contributed by atoms with E-state index >= 15 is 0 Å². The van der Waals surface area contributed by atoms with E-state index in [1.165, 1.54) is 12.1 Å². The summed E-state index contributed by atoms with van der Waals surface area (Å²) in [6.45, 7) is 4.92. The van der Waals surface area contributed by atoms with Crippen LogP contribution in [0.25, 0.3) is 11.0 Å². The monoisotopic (exact) mass is 261 g/mol. The van der Waals surface area contributed by atoms with E-state index in [-0.39, 0.29) is 0 Å². The number of fused-ring (bicyclic) bond motifs is 1. The number of carbonyl (C=O) groups excluding carboxylic acids is 1. The van der Waals surface area contributed by atoms with E-state index in [0.717, 1.165) is 5.39 Å². The summed E-state index contributed by atoms with van der Waals surface area (Å²) < 4.78 is 10.3. The highest BCUT2D eigenvalue weighted by Crippen LogP contribution is 2.20. The highest BCUT2D eigenvalue weighted by molar-refractivity contribution is 5.79. The van der Waals surface area contributed by atoms with Crippen LogP contribution in [0, 0.1) is 0 Å². The summed E-state index contributed by atoms with van der Waals surface area (Å²) in [6, 6.07) is 7.96. The van der Waals surface area contributed by atoms with Gasteiger partial charge in [-0.05, 0) is 32.0 Å². The van der Waals surface area contributed by atoms with Gasteiger partial charge < -0.3 is 14.1 Å². The van der Waals surface area contributed by atoms with Crippen LogP contribution in [0.5, 0.6) is 5.75 Å². The molecule has 5 nitrogen and oxygen atoms in total. The Bertz CT molecular complexity index is 643. The van der Waals surface area contributed by atoms with E-state index in [1.807, 2.05) is 13.8 Å². The van der Waals surface area contributed by atoms with Crippen LogP contribution >= 0.6 is 0 Å². The molecule has 0 radical (unpaired) electrons. The molecule has 0 bridgehead atoms. The van der Waals surface area contributed by atoms with Crippen LogP contribution in [0.1, 0.15) is 13.8 Å². The molecule has 0 aliphatic rings. The molecule has 5 heteroatoms. The maximum atomic E-state index is 11.8. The van der Waals surface area contributed by atoms with Gasteiger partial charge in [0.25, 0.3) is 0 Å². The molecule has 0 fully saturated rings. The molecule has 0 spiro atoms. The highest BCUT2D eigenvalue weighted by Gasteiger charge is 2.12. The Morgan fingerprint density at radius 2 is 1.89 bits per heavy atom. The van der Waals surface area contributed by atoms with E-state index in [9.17, 15) is 9.59 Å². The number of ether oxygens (including phenoxy) is 1. The van der Waals surface area contributed by atoms with Crippen molar-refractivity contribution in [1.82, 2.24) is 4.90 Å². The molecule has 0 N–H and O–H groups in total. The molecule has 2 rings (SSSR count). The summed E-state index contributed by atoms with van der Waals surface area (Å²) in [5, 5.41) is 0.780. The van der Waals surface area contributed by atoms with Crippen molar-refractivity contribution in [2.24, 2.45) is 0 Å². The topological polar surface area (TPSA) is 59.8 Å². The third-order valence-corrected chi connectivity index (χ3v) is 2.82. The molecular formula is C14H15NO4. The van der Waals surface area contributed by atoms with Crippen LogP contribution in [0.3, 0.4) is 0 Å². The van der Waals surface area contributed by atoms with Gasteiger partial charge in [-0.3, -0.25) is 0 Å². The minimum atomic E-state index is -0.431. The molecule has 0 saturated heterocycles. The standard InChI is InChI=1S/C14H15NO4/c1-3-15(4-2)14(17)18-11-7-5-10-6-8-13(16)19-12(10)9-11/h5-9H,3-4H2,1-2H3. The van der Waals surface area contributed by atoms with Crippen LogP contribution in [-0.4, -0.2) is 24.1 Å². The van der Waals surface area contributed by atoms with Gasteiger partial charge in [-0.1, -0.05) is 0 Å². The van der Waals surface area contributed by atoms with Crippen molar-refractivity contribution in [3.05, 3.63) is 40.8 Å². The SMILES string of the molecule is CCN(CC)C(=O)Oc1ccc2ccc(=O)oc2c1. The van der Waals surface area contributed by atoms with Crippen molar-refractivity contribution in [3.63, 3.8) is 0 Å². The Morgan fingerprint density at radius 1 is 1.21 bits per heavy atom. The van der Waals surface area contributed by atoms with Gasteiger partial charge in [0.15, 0.2) is 0 Å². The first-order valence-electron chi connectivity index (χ1n) is 6.14. The summed E-state index contributed by atoms with van der Waals surface area (Å²) >= 11 is 0. The van der Waals surface area contributed by atoms with E-state index in [2.05, 4.69) is 0 Å². The molecule has 0 atom stereocenters.